The van der Waals surface area contributed by atoms with Gasteiger partial charge in [0.15, 0.2) is 0 Å². The van der Waals surface area contributed by atoms with E-state index in [-0.39, 0.29) is 6.61 Å². The summed E-state index contributed by atoms with van der Waals surface area (Å²) < 4.78 is 0. The number of aliphatic hydroxyl groups excluding tert-OH is 1. The van der Waals surface area contributed by atoms with E-state index in [1.807, 2.05) is 18.3 Å². The average Bonchev–Trinajstić information content (AvgIpc) is 2.31. The van der Waals surface area contributed by atoms with Gasteiger partial charge in [-0.1, -0.05) is 6.07 Å². The number of likely N-dealkylation sites (tertiary alicyclic amines) is 1. The highest BCUT2D eigenvalue weighted by Gasteiger charge is 2.21. The molecule has 1 N–H and O–H groups in total. The fourth-order valence-electron chi connectivity index (χ4n) is 2.26. The van der Waals surface area contributed by atoms with Crippen LogP contribution in [0.3, 0.4) is 0 Å². The number of nitrogens with zero attached hydrogens (tertiary/aromatic N) is 2. The van der Waals surface area contributed by atoms with E-state index >= 15 is 0 Å². The Morgan fingerprint density at radius 3 is 3.13 bits per heavy atom. The van der Waals surface area contributed by atoms with E-state index in [2.05, 4.69) is 16.0 Å². The molecule has 1 aliphatic heterocycles. The fourth-order valence-corrected chi connectivity index (χ4v) is 2.26. The molecule has 1 fully saturated rings. The Morgan fingerprint density at radius 2 is 2.40 bits per heavy atom. The second kappa shape index (κ2) is 5.24. The largest absolute Gasteiger partial charge is 0.395 e. The normalized spacial score (nSPS) is 22.9. The van der Waals surface area contributed by atoms with Gasteiger partial charge in [-0.05, 0) is 31.5 Å². The van der Waals surface area contributed by atoms with Crippen LogP contribution in [0.1, 0.15) is 24.5 Å². The van der Waals surface area contributed by atoms with Crippen molar-refractivity contribution in [3.8, 4) is 0 Å². The van der Waals surface area contributed by atoms with E-state index in [0.717, 1.165) is 19.6 Å². The summed E-state index contributed by atoms with van der Waals surface area (Å²) in [7, 11) is 0. The van der Waals surface area contributed by atoms with Gasteiger partial charge in [0.2, 0.25) is 0 Å². The molecule has 0 saturated carbocycles. The van der Waals surface area contributed by atoms with Gasteiger partial charge < -0.3 is 10.0 Å². The fraction of sp³-hybridized carbons (Fsp3) is 0.583. The molecule has 1 aromatic rings. The summed E-state index contributed by atoms with van der Waals surface area (Å²) in [5.41, 5.74) is 1.19. The van der Waals surface area contributed by atoms with E-state index < -0.39 is 0 Å². The van der Waals surface area contributed by atoms with Crippen LogP contribution in [0.4, 0.5) is 0 Å². The summed E-state index contributed by atoms with van der Waals surface area (Å²) >= 11 is 0. The molecule has 0 unspecified atom stereocenters. The molecule has 3 nitrogen and oxygen atoms in total. The number of aliphatic hydroxyl groups is 1. The van der Waals surface area contributed by atoms with Crippen LogP contribution in [0, 0.1) is 0 Å². The zero-order valence-corrected chi connectivity index (χ0v) is 8.97. The molecule has 0 aliphatic carbocycles. The third-order valence-electron chi connectivity index (χ3n) is 3.03. The predicted molar refractivity (Wildman–Crippen MR) is 59.7 cm³/mol. The van der Waals surface area contributed by atoms with Crippen molar-refractivity contribution >= 4 is 0 Å². The molecule has 1 saturated heterocycles. The lowest BCUT2D eigenvalue weighted by atomic mass is 9.94. The van der Waals surface area contributed by atoms with E-state index in [9.17, 15) is 0 Å². The number of pyridine rings is 1. The van der Waals surface area contributed by atoms with Crippen molar-refractivity contribution in [2.24, 2.45) is 0 Å². The van der Waals surface area contributed by atoms with Crippen LogP contribution >= 0.6 is 0 Å². The first-order valence-electron chi connectivity index (χ1n) is 5.64. The lowest BCUT2D eigenvalue weighted by molar-refractivity contribution is 0.160. The van der Waals surface area contributed by atoms with Crippen molar-refractivity contribution in [2.45, 2.75) is 18.8 Å². The highest BCUT2D eigenvalue weighted by molar-refractivity contribution is 5.10. The number of aromatic nitrogens is 1. The summed E-state index contributed by atoms with van der Waals surface area (Å²) in [6.45, 7) is 3.21. The molecule has 0 aromatic carbocycles. The Balaban J connectivity index is 1.98. The van der Waals surface area contributed by atoms with Gasteiger partial charge in [-0.3, -0.25) is 4.98 Å². The zero-order valence-electron chi connectivity index (χ0n) is 8.97. The van der Waals surface area contributed by atoms with E-state index in [1.165, 1.54) is 18.5 Å². The molecular weight excluding hydrogens is 188 g/mol. The molecular formula is C12H18N2O. The molecule has 82 valence electrons. The molecule has 3 heteroatoms. The maximum Gasteiger partial charge on any atom is 0.0558 e. The summed E-state index contributed by atoms with van der Waals surface area (Å²) in [6.07, 6.45) is 4.29. The zero-order chi connectivity index (χ0) is 10.5. The molecule has 0 radical (unpaired) electrons. The van der Waals surface area contributed by atoms with Gasteiger partial charge in [-0.15, -0.1) is 0 Å². The maximum atomic E-state index is 8.92. The lowest BCUT2D eigenvalue weighted by Crippen LogP contribution is -2.36. The Labute approximate surface area is 90.8 Å². The topological polar surface area (TPSA) is 36.4 Å². The summed E-state index contributed by atoms with van der Waals surface area (Å²) in [5, 5.41) is 8.92. The van der Waals surface area contributed by atoms with Crippen LogP contribution in [0.25, 0.3) is 0 Å². The third kappa shape index (κ3) is 2.76. The molecule has 1 aromatic heterocycles. The maximum absolute atomic E-state index is 8.92. The first kappa shape index (κ1) is 10.6. The van der Waals surface area contributed by atoms with E-state index in [4.69, 9.17) is 5.11 Å². The van der Waals surface area contributed by atoms with Crippen molar-refractivity contribution < 1.29 is 5.11 Å². The average molecular weight is 206 g/mol. The third-order valence-corrected chi connectivity index (χ3v) is 3.03. The van der Waals surface area contributed by atoms with Crippen molar-refractivity contribution in [2.75, 3.05) is 26.2 Å². The summed E-state index contributed by atoms with van der Waals surface area (Å²) in [6, 6.07) is 6.11. The van der Waals surface area contributed by atoms with Crippen LogP contribution in [0.15, 0.2) is 24.4 Å². The smallest absolute Gasteiger partial charge is 0.0558 e. The second-order valence-electron chi connectivity index (χ2n) is 4.12. The first-order chi connectivity index (χ1) is 7.40. The predicted octanol–water partition coefficient (Wildman–Crippen LogP) is 1.25. The molecule has 1 aliphatic rings. The van der Waals surface area contributed by atoms with Crippen molar-refractivity contribution in [3.05, 3.63) is 30.1 Å². The standard InChI is InChI=1S/C12H18N2O/c15-9-8-14-7-3-4-11(10-14)12-5-1-2-6-13-12/h1-2,5-6,11,15H,3-4,7-10H2/t11-/m0/s1. The van der Waals surface area contributed by atoms with Gasteiger partial charge >= 0.3 is 0 Å². The Morgan fingerprint density at radius 1 is 1.47 bits per heavy atom. The van der Waals surface area contributed by atoms with Crippen LogP contribution in [-0.4, -0.2) is 41.2 Å². The van der Waals surface area contributed by atoms with Crippen molar-refractivity contribution in [1.29, 1.82) is 0 Å². The van der Waals surface area contributed by atoms with Gasteiger partial charge in [0.05, 0.1) is 6.61 Å². The minimum Gasteiger partial charge on any atom is -0.395 e. The summed E-state index contributed by atoms with van der Waals surface area (Å²) in [5.74, 6) is 0.548. The van der Waals surface area contributed by atoms with Crippen LogP contribution in [-0.2, 0) is 0 Å². The highest BCUT2D eigenvalue weighted by Crippen LogP contribution is 2.24. The summed E-state index contributed by atoms with van der Waals surface area (Å²) in [4.78, 5) is 6.73. The van der Waals surface area contributed by atoms with Gasteiger partial charge in [-0.2, -0.15) is 0 Å². The Bertz CT molecular complexity index is 287. The van der Waals surface area contributed by atoms with Gasteiger partial charge in [0.1, 0.15) is 0 Å². The Kier molecular flexibility index (Phi) is 3.69. The highest BCUT2D eigenvalue weighted by atomic mass is 16.3. The van der Waals surface area contributed by atoms with Crippen LogP contribution < -0.4 is 0 Å². The van der Waals surface area contributed by atoms with Crippen LogP contribution in [0.2, 0.25) is 0 Å². The molecule has 1 atom stereocenters. The van der Waals surface area contributed by atoms with Gasteiger partial charge in [-0.25, -0.2) is 0 Å². The molecule has 0 spiro atoms. The minimum atomic E-state index is 0.259. The molecule has 0 bridgehead atoms. The SMILES string of the molecule is OCCN1CCC[C@H](c2ccccn2)C1. The van der Waals surface area contributed by atoms with E-state index in [0.29, 0.717) is 5.92 Å². The van der Waals surface area contributed by atoms with Crippen molar-refractivity contribution in [1.82, 2.24) is 9.88 Å². The first-order valence-corrected chi connectivity index (χ1v) is 5.64. The second-order valence-corrected chi connectivity index (χ2v) is 4.12. The number of hydrogen-bond acceptors (Lipinski definition) is 3. The molecule has 2 heterocycles. The molecule has 15 heavy (non-hydrogen) atoms. The van der Waals surface area contributed by atoms with Gasteiger partial charge in [0.25, 0.3) is 0 Å². The number of β-amino-alcohol motifs (C(OH)–C–C–N with tert-alkyl or cyclic N) is 1. The number of rotatable bonds is 3. The van der Waals surface area contributed by atoms with Gasteiger partial charge in [0, 0.05) is 30.9 Å². The quantitative estimate of drug-likeness (QED) is 0.808. The Hall–Kier alpha value is -0.930. The number of hydrogen-bond donors (Lipinski definition) is 1. The van der Waals surface area contributed by atoms with Crippen molar-refractivity contribution in [3.63, 3.8) is 0 Å². The monoisotopic (exact) mass is 206 g/mol. The molecule has 0 amide bonds. The minimum absolute atomic E-state index is 0.259. The van der Waals surface area contributed by atoms with Crippen LogP contribution in [0.5, 0.6) is 0 Å². The molecule has 2 rings (SSSR count). The van der Waals surface area contributed by atoms with E-state index in [1.54, 1.807) is 0 Å². The number of piperidine rings is 1. The lowest BCUT2D eigenvalue weighted by Gasteiger charge is -2.31.